The van der Waals surface area contributed by atoms with Crippen molar-refractivity contribution in [2.75, 3.05) is 40.4 Å². The van der Waals surface area contributed by atoms with E-state index < -0.39 is 17.0 Å². The van der Waals surface area contributed by atoms with Gasteiger partial charge in [0, 0.05) is 55.1 Å². The molecule has 7 atom stereocenters. The number of guanidine groups is 1. The molecule has 4 aliphatic carbocycles. The quantitative estimate of drug-likeness (QED) is 0.265. The van der Waals surface area contributed by atoms with Crippen molar-refractivity contribution in [3.63, 3.8) is 0 Å². The van der Waals surface area contributed by atoms with Crippen molar-refractivity contribution in [2.24, 2.45) is 44.7 Å². The lowest BCUT2D eigenvalue weighted by molar-refractivity contribution is -0.174. The maximum Gasteiger partial charge on any atom is 0.334 e. The average molecular weight is 471 g/mol. The van der Waals surface area contributed by atoms with E-state index in [1.807, 2.05) is 25.1 Å². The van der Waals surface area contributed by atoms with E-state index in [0.717, 1.165) is 25.0 Å². The predicted octanol–water partition coefficient (Wildman–Crippen LogP) is 1.74. The Morgan fingerprint density at radius 1 is 1.38 bits per heavy atom. The van der Waals surface area contributed by atoms with Gasteiger partial charge in [-0.1, -0.05) is 25.2 Å². The largest absolute Gasteiger partial charge is 0.478 e. The Bertz CT molecular complexity index is 1020. The van der Waals surface area contributed by atoms with Gasteiger partial charge >= 0.3 is 5.97 Å². The summed E-state index contributed by atoms with van der Waals surface area (Å²) in [5.41, 5.74) is 4.72. The van der Waals surface area contributed by atoms with E-state index in [-0.39, 0.29) is 40.8 Å². The monoisotopic (exact) mass is 470 g/mol. The lowest BCUT2D eigenvalue weighted by atomic mass is 9.37. The fourth-order valence-corrected chi connectivity index (χ4v) is 9.07. The van der Waals surface area contributed by atoms with Gasteiger partial charge in [-0.2, -0.15) is 0 Å². The van der Waals surface area contributed by atoms with Gasteiger partial charge in [0.15, 0.2) is 5.96 Å². The molecule has 0 radical (unpaired) electrons. The second-order valence-electron chi connectivity index (χ2n) is 10.9. The minimum Gasteiger partial charge on any atom is -0.478 e. The first-order chi connectivity index (χ1) is 16.2. The highest BCUT2D eigenvalue weighted by Crippen LogP contribution is 2.82. The maximum absolute atomic E-state index is 12.8. The van der Waals surface area contributed by atoms with Crippen LogP contribution in [0.5, 0.6) is 0 Å². The van der Waals surface area contributed by atoms with Crippen molar-refractivity contribution in [1.29, 1.82) is 0 Å². The number of nitrogens with one attached hydrogen (secondary N) is 1. The zero-order valence-electron chi connectivity index (χ0n) is 20.7. The number of nitrogens with zero attached hydrogens (tertiary/aromatic N) is 2. The molecule has 0 saturated heterocycles. The number of aliphatic imine (C=N–C) groups is 1. The van der Waals surface area contributed by atoms with Gasteiger partial charge in [0.1, 0.15) is 5.60 Å². The third-order valence-electron chi connectivity index (χ3n) is 9.97. The molecule has 1 aliphatic heterocycles. The van der Waals surface area contributed by atoms with E-state index in [1.54, 1.807) is 7.05 Å². The fraction of sp³-hybridized carbons (Fsp3) is 0.692. The Kier molecular flexibility index (Phi) is 5.32. The van der Waals surface area contributed by atoms with E-state index in [0.29, 0.717) is 25.5 Å². The summed E-state index contributed by atoms with van der Waals surface area (Å²) in [5.74, 6) is -0.462. The molecule has 186 valence electrons. The molecule has 34 heavy (non-hydrogen) atoms. The Morgan fingerprint density at radius 2 is 2.15 bits per heavy atom. The molecule has 2 bridgehead atoms. The van der Waals surface area contributed by atoms with Gasteiger partial charge in [-0.25, -0.2) is 4.79 Å². The maximum atomic E-state index is 12.8. The van der Waals surface area contributed by atoms with Gasteiger partial charge in [0.2, 0.25) is 0 Å². The molecule has 5 rings (SSSR count). The van der Waals surface area contributed by atoms with Gasteiger partial charge in [0.25, 0.3) is 0 Å². The van der Waals surface area contributed by atoms with E-state index in [9.17, 15) is 15.0 Å². The van der Waals surface area contributed by atoms with Crippen LogP contribution >= 0.6 is 0 Å². The molecule has 0 aromatic rings. The number of aliphatic carboxylic acids is 1. The van der Waals surface area contributed by atoms with Gasteiger partial charge in [-0.3, -0.25) is 4.99 Å². The topological polar surface area (TPSA) is 120 Å². The molecule has 5 aliphatic rings. The van der Waals surface area contributed by atoms with Crippen molar-refractivity contribution in [3.8, 4) is 0 Å². The molecule has 0 aromatic heterocycles. The zero-order valence-corrected chi connectivity index (χ0v) is 20.7. The van der Waals surface area contributed by atoms with Gasteiger partial charge in [0.05, 0.1) is 12.2 Å². The number of allylic oxidation sites excluding steroid dienone is 1. The van der Waals surface area contributed by atoms with Crippen LogP contribution in [-0.2, 0) is 9.53 Å². The SMILES string of the molecule is CCOCC1(O)C(C(=O)O)=C2CC3CCC(C)C24C1C=CC1(CNC)C=CN(C(N)=NC)CC314. The summed E-state index contributed by atoms with van der Waals surface area (Å²) < 4.78 is 5.75. The molecule has 2 fully saturated rings. The molecule has 1 heterocycles. The van der Waals surface area contributed by atoms with Crippen LogP contribution < -0.4 is 11.1 Å². The molecule has 0 amide bonds. The van der Waals surface area contributed by atoms with E-state index >= 15 is 0 Å². The smallest absolute Gasteiger partial charge is 0.334 e. The summed E-state index contributed by atoms with van der Waals surface area (Å²) in [6.07, 6.45) is 11.4. The zero-order chi connectivity index (χ0) is 24.5. The summed E-state index contributed by atoms with van der Waals surface area (Å²) in [6, 6.07) is 0. The molecule has 7 unspecified atom stereocenters. The van der Waals surface area contributed by atoms with Crippen LogP contribution in [0.2, 0.25) is 0 Å². The molecular formula is C26H38N4O4. The van der Waals surface area contributed by atoms with Crippen molar-refractivity contribution < 1.29 is 19.7 Å². The van der Waals surface area contributed by atoms with Crippen molar-refractivity contribution in [3.05, 3.63) is 35.6 Å². The van der Waals surface area contributed by atoms with Crippen molar-refractivity contribution in [2.45, 2.75) is 38.7 Å². The Balaban J connectivity index is 1.85. The van der Waals surface area contributed by atoms with Crippen LogP contribution in [0.3, 0.4) is 0 Å². The number of carboxylic acids is 1. The lowest BCUT2D eigenvalue weighted by Gasteiger charge is -2.68. The van der Waals surface area contributed by atoms with Crippen LogP contribution in [0, 0.1) is 34.0 Å². The number of ether oxygens (including phenoxy) is 1. The molecule has 2 saturated carbocycles. The number of carboxylic acid groups (broad SMARTS) is 1. The summed E-state index contributed by atoms with van der Waals surface area (Å²) in [5, 5.41) is 26.1. The molecule has 5 N–H and O–H groups in total. The summed E-state index contributed by atoms with van der Waals surface area (Å²) >= 11 is 0. The van der Waals surface area contributed by atoms with E-state index in [1.165, 1.54) is 0 Å². The number of hydrogen-bond donors (Lipinski definition) is 4. The minimum atomic E-state index is -1.57. The van der Waals surface area contributed by atoms with Crippen molar-refractivity contribution >= 4 is 11.9 Å². The Morgan fingerprint density at radius 3 is 2.79 bits per heavy atom. The number of hydrogen-bond acceptors (Lipinski definition) is 5. The minimum absolute atomic E-state index is 0.0179. The highest BCUT2D eigenvalue weighted by atomic mass is 16.5. The highest BCUT2D eigenvalue weighted by molar-refractivity contribution is 5.92. The summed E-state index contributed by atoms with van der Waals surface area (Å²) in [6.45, 7) is 5.90. The molecule has 2 spiro atoms. The Hall–Kier alpha value is -2.16. The number of rotatable bonds is 6. The normalized spacial score (nSPS) is 44.4. The second-order valence-corrected chi connectivity index (χ2v) is 10.9. The molecule has 8 heteroatoms. The van der Waals surface area contributed by atoms with Crippen molar-refractivity contribution in [1.82, 2.24) is 10.2 Å². The van der Waals surface area contributed by atoms with Crippen LogP contribution in [-0.4, -0.2) is 73.0 Å². The van der Waals surface area contributed by atoms with Gasteiger partial charge in [-0.05, 0) is 50.6 Å². The summed E-state index contributed by atoms with van der Waals surface area (Å²) in [7, 11) is 3.66. The van der Waals surface area contributed by atoms with Gasteiger partial charge < -0.3 is 30.9 Å². The predicted molar refractivity (Wildman–Crippen MR) is 130 cm³/mol. The average Bonchev–Trinajstić information content (AvgIpc) is 3.15. The number of nitrogens with two attached hydrogens (primary N) is 1. The Labute approximate surface area is 201 Å². The van der Waals surface area contributed by atoms with Crippen LogP contribution in [0.4, 0.5) is 0 Å². The third-order valence-corrected chi connectivity index (χ3v) is 9.97. The third kappa shape index (κ3) is 2.44. The van der Waals surface area contributed by atoms with E-state index in [2.05, 4.69) is 35.5 Å². The number of aliphatic hydroxyl groups is 1. The summed E-state index contributed by atoms with van der Waals surface area (Å²) in [4.78, 5) is 19.1. The number of carbonyl (C=O) groups is 1. The van der Waals surface area contributed by atoms with Crippen LogP contribution in [0.1, 0.15) is 33.1 Å². The molecule has 0 aromatic carbocycles. The molecule has 8 nitrogen and oxygen atoms in total. The van der Waals surface area contributed by atoms with Gasteiger partial charge in [-0.15, -0.1) is 0 Å². The lowest BCUT2D eigenvalue weighted by Crippen LogP contribution is -2.70. The highest BCUT2D eigenvalue weighted by Gasteiger charge is 2.82. The fourth-order valence-electron chi connectivity index (χ4n) is 9.07. The van der Waals surface area contributed by atoms with E-state index in [4.69, 9.17) is 10.5 Å². The second kappa shape index (κ2) is 7.67. The van der Waals surface area contributed by atoms with Crippen LogP contribution in [0.15, 0.2) is 40.6 Å². The molecular weight excluding hydrogens is 432 g/mol. The van der Waals surface area contributed by atoms with Crippen LogP contribution in [0.25, 0.3) is 0 Å². The first-order valence-electron chi connectivity index (χ1n) is 12.5. The first kappa shape index (κ1) is 23.6. The standard InChI is InChI=1S/C26H38N4O4/c1-5-34-15-24(33)19-8-9-23(13-28-3)10-11-30(22(27)29-4)14-25(23)17-7-6-16(2)26(19,25)18(12-17)20(24)21(31)32/h8-11,16-17,19,28,33H,5-7,12-15H2,1-4H3,(H2,27,29)(H,31,32). The first-order valence-corrected chi connectivity index (χ1v) is 12.5.